The van der Waals surface area contributed by atoms with Gasteiger partial charge in [-0.05, 0) is 116 Å². The number of hydrogen-bond donors (Lipinski definition) is 0. The predicted octanol–water partition coefficient (Wildman–Crippen LogP) is 12.0. The van der Waals surface area contributed by atoms with E-state index in [1.54, 1.807) is 11.1 Å². The van der Waals surface area contributed by atoms with Crippen molar-refractivity contribution in [2.75, 3.05) is 4.90 Å². The first-order valence-electron chi connectivity index (χ1n) is 21.2. The smallest absolute Gasteiger partial charge is 0.132 e. The second-order valence-corrected chi connectivity index (χ2v) is 18.2. The molecule has 9 unspecified atom stereocenters. The highest BCUT2D eigenvalue weighted by atomic mass is 16.3. The third kappa shape index (κ3) is 5.11. The molecule has 2 aromatic rings. The Balaban J connectivity index is 0.932. The van der Waals surface area contributed by atoms with E-state index >= 15 is 0 Å². The second-order valence-electron chi connectivity index (χ2n) is 18.2. The first kappa shape index (κ1) is 33.7. The van der Waals surface area contributed by atoms with Crippen molar-refractivity contribution in [2.45, 2.75) is 95.4 Å². The van der Waals surface area contributed by atoms with Gasteiger partial charge in [-0.15, -0.1) is 0 Å². The van der Waals surface area contributed by atoms with E-state index in [2.05, 4.69) is 170 Å². The first-order chi connectivity index (χ1) is 26.9. The lowest BCUT2D eigenvalue weighted by Crippen LogP contribution is -2.47. The third-order valence-electron chi connectivity index (χ3n) is 15.1. The van der Waals surface area contributed by atoms with E-state index in [1.165, 1.54) is 40.8 Å². The Hall–Kier alpha value is -4.60. The number of anilines is 1. The van der Waals surface area contributed by atoms with Crippen molar-refractivity contribution in [3.63, 3.8) is 0 Å². The van der Waals surface area contributed by atoms with Crippen molar-refractivity contribution in [2.24, 2.45) is 29.1 Å². The molecular weight excluding hydrogens is 669 g/mol. The fourth-order valence-electron chi connectivity index (χ4n) is 12.6. The fourth-order valence-corrected chi connectivity index (χ4v) is 12.6. The van der Waals surface area contributed by atoms with Crippen molar-refractivity contribution in [1.29, 1.82) is 0 Å². The molecule has 278 valence electrons. The van der Waals surface area contributed by atoms with Crippen LogP contribution in [0.4, 0.5) is 5.69 Å². The molecule has 2 heterocycles. The normalized spacial score (nSPS) is 35.7. The van der Waals surface area contributed by atoms with Crippen molar-refractivity contribution < 1.29 is 4.42 Å². The van der Waals surface area contributed by atoms with Gasteiger partial charge in [0.2, 0.25) is 0 Å². The summed E-state index contributed by atoms with van der Waals surface area (Å²) in [5, 5.41) is 0. The van der Waals surface area contributed by atoms with Gasteiger partial charge in [0.1, 0.15) is 11.5 Å². The molecule has 1 saturated carbocycles. The van der Waals surface area contributed by atoms with Crippen LogP contribution in [0.25, 0.3) is 12.2 Å². The lowest BCUT2D eigenvalue weighted by molar-refractivity contribution is 0.121. The Labute approximate surface area is 327 Å². The Morgan fingerprint density at radius 2 is 1.60 bits per heavy atom. The van der Waals surface area contributed by atoms with Crippen LogP contribution in [0.15, 0.2) is 154 Å². The van der Waals surface area contributed by atoms with Crippen LogP contribution < -0.4 is 4.90 Å². The summed E-state index contributed by atoms with van der Waals surface area (Å²) < 4.78 is 6.57. The van der Waals surface area contributed by atoms with Crippen LogP contribution in [0, 0.1) is 29.1 Å². The fraction of sp³-hybridized carbons (Fsp3) is 0.385. The number of hydrogen-bond acceptors (Lipinski definition) is 3. The topological polar surface area (TPSA) is 19.6 Å². The van der Waals surface area contributed by atoms with Crippen LogP contribution in [0.1, 0.15) is 88.0 Å². The lowest BCUT2D eigenvalue weighted by atomic mass is 9.72. The van der Waals surface area contributed by atoms with E-state index in [9.17, 15) is 0 Å². The highest BCUT2D eigenvalue weighted by Crippen LogP contribution is 2.58. The average Bonchev–Trinajstić information content (AvgIpc) is 3.81. The van der Waals surface area contributed by atoms with Crippen molar-refractivity contribution in [3.8, 4) is 0 Å². The Morgan fingerprint density at radius 1 is 0.764 bits per heavy atom. The van der Waals surface area contributed by atoms with Crippen LogP contribution in [0.3, 0.4) is 0 Å². The predicted molar refractivity (Wildman–Crippen MR) is 227 cm³/mol. The summed E-state index contributed by atoms with van der Waals surface area (Å²) in [5.74, 6) is 4.26. The van der Waals surface area contributed by atoms with E-state index in [4.69, 9.17) is 4.42 Å². The van der Waals surface area contributed by atoms with E-state index in [0.29, 0.717) is 41.8 Å². The zero-order valence-corrected chi connectivity index (χ0v) is 32.7. The van der Waals surface area contributed by atoms with Crippen LogP contribution in [-0.4, -0.2) is 28.6 Å². The number of nitrogens with zero attached hydrogens (tertiary/aromatic N) is 2. The maximum Gasteiger partial charge on any atom is 0.132 e. The first-order valence-corrected chi connectivity index (χ1v) is 21.2. The molecule has 0 radical (unpaired) electrons. The molecule has 1 saturated heterocycles. The molecule has 0 N–H and O–H groups in total. The maximum atomic E-state index is 6.57. The molecule has 2 fully saturated rings. The third-order valence-corrected chi connectivity index (χ3v) is 15.1. The molecule has 0 amide bonds. The Morgan fingerprint density at radius 3 is 2.47 bits per heavy atom. The van der Waals surface area contributed by atoms with Gasteiger partial charge in [-0.25, -0.2) is 0 Å². The minimum absolute atomic E-state index is 0.0179. The van der Waals surface area contributed by atoms with Gasteiger partial charge in [-0.1, -0.05) is 129 Å². The average molecular weight is 723 g/mol. The minimum atomic E-state index is 0.0179. The van der Waals surface area contributed by atoms with E-state index < -0.39 is 0 Å². The number of allylic oxidation sites excluding steroid dienone is 12. The summed E-state index contributed by atoms with van der Waals surface area (Å²) in [7, 11) is 0. The van der Waals surface area contributed by atoms with Crippen LogP contribution in [-0.2, 0) is 6.42 Å². The molecule has 8 aliphatic carbocycles. The van der Waals surface area contributed by atoms with Gasteiger partial charge in [-0.3, -0.25) is 4.90 Å². The number of rotatable bonds is 5. The summed E-state index contributed by atoms with van der Waals surface area (Å²) in [6, 6.07) is 12.4. The Kier molecular flexibility index (Phi) is 7.79. The van der Waals surface area contributed by atoms with Crippen LogP contribution >= 0.6 is 0 Å². The van der Waals surface area contributed by atoms with Crippen molar-refractivity contribution >= 4 is 17.8 Å². The molecule has 3 heteroatoms. The molecule has 1 aliphatic heterocycles. The van der Waals surface area contributed by atoms with Crippen molar-refractivity contribution in [3.05, 3.63) is 172 Å². The largest absolute Gasteiger partial charge is 0.457 e. The minimum Gasteiger partial charge on any atom is -0.457 e. The SMILES string of the molecule is CC1(C)C2=CC(N(C3C=CC(C4=CC5C(C=C4)N(c4ccccc4)C4(C)C=CCCC54)=CC3)C3CC=Cc4oc5c(c43)CCC=C5)CC=C2C2C=CC=CC21. The summed E-state index contributed by atoms with van der Waals surface area (Å²) >= 11 is 0. The van der Waals surface area contributed by atoms with E-state index in [-0.39, 0.29) is 17.0 Å². The summed E-state index contributed by atoms with van der Waals surface area (Å²) in [4.78, 5) is 5.61. The lowest BCUT2D eigenvalue weighted by Gasteiger charge is -2.44. The molecule has 3 nitrogen and oxygen atoms in total. The van der Waals surface area contributed by atoms with Gasteiger partial charge in [-0.2, -0.15) is 0 Å². The van der Waals surface area contributed by atoms with Gasteiger partial charge in [0.25, 0.3) is 0 Å². The van der Waals surface area contributed by atoms with Crippen molar-refractivity contribution in [1.82, 2.24) is 4.90 Å². The number of fused-ring (bicyclic) bond motifs is 9. The molecule has 1 aromatic carbocycles. The molecule has 0 spiro atoms. The highest BCUT2D eigenvalue weighted by Gasteiger charge is 2.55. The number of para-hydroxylation sites is 1. The van der Waals surface area contributed by atoms with Gasteiger partial charge in [0.05, 0.1) is 11.6 Å². The number of benzene rings is 1. The second kappa shape index (κ2) is 12.7. The van der Waals surface area contributed by atoms with Crippen LogP contribution in [0.2, 0.25) is 0 Å². The van der Waals surface area contributed by atoms with Gasteiger partial charge < -0.3 is 9.32 Å². The summed E-state index contributed by atoms with van der Waals surface area (Å²) in [6.45, 7) is 7.44. The molecule has 55 heavy (non-hydrogen) atoms. The quantitative estimate of drug-likeness (QED) is 0.287. The van der Waals surface area contributed by atoms with Gasteiger partial charge in [0, 0.05) is 46.8 Å². The zero-order chi connectivity index (χ0) is 36.9. The molecular formula is C52H54N2O. The highest BCUT2D eigenvalue weighted by molar-refractivity contribution is 5.64. The van der Waals surface area contributed by atoms with E-state index in [1.807, 2.05) is 0 Å². The maximum absolute atomic E-state index is 6.57. The molecule has 1 aromatic heterocycles. The summed E-state index contributed by atoms with van der Waals surface area (Å²) in [5.41, 5.74) is 10.3. The van der Waals surface area contributed by atoms with Crippen LogP contribution in [0.5, 0.6) is 0 Å². The molecule has 11 rings (SSSR count). The standard InChI is InChI=1S/C52H54N2O/c1-51(2)43-18-9-7-16-39(43)40-29-28-38(33-45(40)51)53(47-20-13-22-49-50(47)41-17-8-10-21-48(41)55-49)36-26-23-34(24-27-36)35-25-30-46-42(32-35)44-19-11-12-31-52(44,3)54(46)37-14-5-4-6-15-37/h4-7,9-10,12-16,18,21-26,29-33,36,38-39,42-44,46-47H,8,11,17,19-20,27-28H2,1-3H3. The summed E-state index contributed by atoms with van der Waals surface area (Å²) in [6.07, 6.45) is 51.6. The molecule has 9 aliphatic rings. The Bertz CT molecular complexity index is 2260. The molecule has 0 bridgehead atoms. The van der Waals surface area contributed by atoms with Gasteiger partial charge >= 0.3 is 0 Å². The van der Waals surface area contributed by atoms with E-state index in [0.717, 1.165) is 43.6 Å². The monoisotopic (exact) mass is 722 g/mol. The zero-order valence-electron chi connectivity index (χ0n) is 32.7. The number of furan rings is 1. The van der Waals surface area contributed by atoms with Gasteiger partial charge in [0.15, 0.2) is 0 Å². The molecule has 9 atom stereocenters.